The number of aryl methyl sites for hydroxylation is 1. The van der Waals surface area contributed by atoms with Gasteiger partial charge in [-0.05, 0) is 31.5 Å². The Morgan fingerprint density at radius 2 is 2.12 bits per heavy atom. The number of hydrogen-bond acceptors (Lipinski definition) is 4. The fourth-order valence-corrected chi connectivity index (χ4v) is 1.46. The monoisotopic (exact) mass is 238 g/mol. The van der Waals surface area contributed by atoms with Gasteiger partial charge in [0.15, 0.2) is 6.79 Å². The van der Waals surface area contributed by atoms with Gasteiger partial charge in [0.1, 0.15) is 5.75 Å². The minimum absolute atomic E-state index is 0.252. The number of ether oxygens (including phenoxy) is 2. The molecule has 0 radical (unpaired) electrons. The van der Waals surface area contributed by atoms with Gasteiger partial charge in [0.05, 0.1) is 5.69 Å². The molecule has 0 aliphatic carbocycles. The summed E-state index contributed by atoms with van der Waals surface area (Å²) in [5.41, 5.74) is 1.93. The lowest BCUT2D eigenvalue weighted by Gasteiger charge is -2.12. The number of methoxy groups -OCH3 is 1. The Morgan fingerprint density at radius 1 is 1.35 bits per heavy atom. The van der Waals surface area contributed by atoms with Crippen molar-refractivity contribution in [3.05, 3.63) is 23.5 Å². The Morgan fingerprint density at radius 3 is 2.76 bits per heavy atom. The van der Waals surface area contributed by atoms with Gasteiger partial charge in [0, 0.05) is 19.3 Å². The number of aromatic nitrogens is 1. The van der Waals surface area contributed by atoms with Crippen LogP contribution in [-0.2, 0) is 11.3 Å². The number of nitrogens with one attached hydrogen (secondary N) is 1. The van der Waals surface area contributed by atoms with Crippen LogP contribution < -0.4 is 10.1 Å². The van der Waals surface area contributed by atoms with E-state index in [0.717, 1.165) is 30.2 Å². The van der Waals surface area contributed by atoms with Crippen molar-refractivity contribution in [1.29, 1.82) is 0 Å². The van der Waals surface area contributed by atoms with E-state index in [2.05, 4.69) is 24.1 Å². The number of hydrogen-bond donors (Lipinski definition) is 1. The molecule has 1 rings (SSSR count). The van der Waals surface area contributed by atoms with Crippen LogP contribution in [0.25, 0.3) is 0 Å². The molecule has 0 amide bonds. The standard InChI is InChI=1S/C13H22N2O2/c1-10(2)7-14-8-12-13(17-9-16-4)6-5-11(3)15-12/h5-6,10,14H,7-9H2,1-4H3. The maximum atomic E-state index is 5.47. The van der Waals surface area contributed by atoms with E-state index in [-0.39, 0.29) is 6.79 Å². The zero-order chi connectivity index (χ0) is 12.7. The third-order valence-electron chi connectivity index (χ3n) is 2.25. The van der Waals surface area contributed by atoms with Crippen LogP contribution >= 0.6 is 0 Å². The first-order valence-electron chi connectivity index (χ1n) is 5.92. The first kappa shape index (κ1) is 13.9. The van der Waals surface area contributed by atoms with Crippen LogP contribution in [0.2, 0.25) is 0 Å². The molecular weight excluding hydrogens is 216 g/mol. The van der Waals surface area contributed by atoms with Gasteiger partial charge in [0.2, 0.25) is 0 Å². The summed E-state index contributed by atoms with van der Waals surface area (Å²) >= 11 is 0. The van der Waals surface area contributed by atoms with Gasteiger partial charge in [0.25, 0.3) is 0 Å². The van der Waals surface area contributed by atoms with E-state index >= 15 is 0 Å². The van der Waals surface area contributed by atoms with Crippen LogP contribution in [0.15, 0.2) is 12.1 Å². The summed E-state index contributed by atoms with van der Waals surface area (Å²) in [7, 11) is 1.61. The molecule has 0 fully saturated rings. The molecule has 0 saturated heterocycles. The van der Waals surface area contributed by atoms with Gasteiger partial charge < -0.3 is 14.8 Å². The van der Waals surface area contributed by atoms with Crippen LogP contribution in [0.3, 0.4) is 0 Å². The van der Waals surface area contributed by atoms with E-state index in [0.29, 0.717) is 5.92 Å². The highest BCUT2D eigenvalue weighted by molar-refractivity contribution is 5.29. The zero-order valence-electron chi connectivity index (χ0n) is 11.1. The second-order valence-electron chi connectivity index (χ2n) is 4.47. The van der Waals surface area contributed by atoms with E-state index in [1.165, 1.54) is 0 Å². The van der Waals surface area contributed by atoms with Gasteiger partial charge in [-0.1, -0.05) is 13.8 Å². The van der Waals surface area contributed by atoms with E-state index in [4.69, 9.17) is 9.47 Å². The van der Waals surface area contributed by atoms with Crippen molar-refractivity contribution < 1.29 is 9.47 Å². The van der Waals surface area contributed by atoms with Crippen molar-refractivity contribution >= 4 is 0 Å². The number of rotatable bonds is 7. The topological polar surface area (TPSA) is 43.4 Å². The van der Waals surface area contributed by atoms with Crippen molar-refractivity contribution in [1.82, 2.24) is 10.3 Å². The first-order chi connectivity index (χ1) is 8.13. The molecule has 4 nitrogen and oxygen atoms in total. The highest BCUT2D eigenvalue weighted by Crippen LogP contribution is 2.16. The lowest BCUT2D eigenvalue weighted by Crippen LogP contribution is -2.20. The lowest BCUT2D eigenvalue weighted by atomic mass is 10.2. The number of nitrogens with zero attached hydrogens (tertiary/aromatic N) is 1. The van der Waals surface area contributed by atoms with Crippen LogP contribution in [0.5, 0.6) is 5.75 Å². The molecule has 96 valence electrons. The minimum Gasteiger partial charge on any atom is -0.466 e. The summed E-state index contributed by atoms with van der Waals surface area (Å²) in [6.07, 6.45) is 0. The summed E-state index contributed by atoms with van der Waals surface area (Å²) in [5, 5.41) is 3.36. The average molecular weight is 238 g/mol. The van der Waals surface area contributed by atoms with Crippen molar-refractivity contribution in [2.75, 3.05) is 20.4 Å². The maximum Gasteiger partial charge on any atom is 0.188 e. The Kier molecular flexibility index (Phi) is 5.94. The SMILES string of the molecule is COCOc1ccc(C)nc1CNCC(C)C. The number of pyridine rings is 1. The predicted octanol–water partition coefficient (Wildman–Crippen LogP) is 2.12. The van der Waals surface area contributed by atoms with E-state index < -0.39 is 0 Å². The largest absolute Gasteiger partial charge is 0.466 e. The van der Waals surface area contributed by atoms with Gasteiger partial charge >= 0.3 is 0 Å². The average Bonchev–Trinajstić information content (AvgIpc) is 2.27. The molecule has 17 heavy (non-hydrogen) atoms. The van der Waals surface area contributed by atoms with Crippen LogP contribution in [0.4, 0.5) is 0 Å². The second kappa shape index (κ2) is 7.25. The second-order valence-corrected chi connectivity index (χ2v) is 4.47. The quantitative estimate of drug-likeness (QED) is 0.739. The highest BCUT2D eigenvalue weighted by atomic mass is 16.7. The lowest BCUT2D eigenvalue weighted by molar-refractivity contribution is 0.0500. The van der Waals surface area contributed by atoms with Crippen LogP contribution in [0.1, 0.15) is 25.2 Å². The van der Waals surface area contributed by atoms with E-state index in [1.807, 2.05) is 19.1 Å². The van der Waals surface area contributed by atoms with E-state index in [9.17, 15) is 0 Å². The Balaban J connectivity index is 2.62. The summed E-state index contributed by atoms with van der Waals surface area (Å²) in [6.45, 7) is 8.28. The van der Waals surface area contributed by atoms with Crippen LogP contribution in [-0.4, -0.2) is 25.4 Å². The summed E-state index contributed by atoms with van der Waals surface area (Å²) in [5.74, 6) is 1.41. The molecule has 0 spiro atoms. The molecular formula is C13H22N2O2. The summed E-state index contributed by atoms with van der Waals surface area (Å²) in [6, 6.07) is 3.88. The first-order valence-corrected chi connectivity index (χ1v) is 5.92. The normalized spacial score (nSPS) is 10.9. The zero-order valence-corrected chi connectivity index (χ0v) is 11.1. The summed E-state index contributed by atoms with van der Waals surface area (Å²) in [4.78, 5) is 4.48. The Hall–Kier alpha value is -1.13. The molecule has 0 aliphatic rings. The minimum atomic E-state index is 0.252. The smallest absolute Gasteiger partial charge is 0.188 e. The molecule has 0 bridgehead atoms. The molecule has 1 N–H and O–H groups in total. The van der Waals surface area contributed by atoms with Gasteiger partial charge in [-0.3, -0.25) is 4.98 Å². The molecule has 1 aromatic rings. The molecule has 0 atom stereocenters. The molecule has 4 heteroatoms. The van der Waals surface area contributed by atoms with Crippen molar-refractivity contribution in [3.63, 3.8) is 0 Å². The van der Waals surface area contributed by atoms with E-state index in [1.54, 1.807) is 7.11 Å². The maximum absolute atomic E-state index is 5.47. The van der Waals surface area contributed by atoms with Gasteiger partial charge in [-0.25, -0.2) is 0 Å². The molecule has 1 heterocycles. The fraction of sp³-hybridized carbons (Fsp3) is 0.615. The predicted molar refractivity (Wildman–Crippen MR) is 68.0 cm³/mol. The Labute approximate surface area is 103 Å². The van der Waals surface area contributed by atoms with Gasteiger partial charge in [-0.15, -0.1) is 0 Å². The van der Waals surface area contributed by atoms with Crippen LogP contribution in [0, 0.1) is 12.8 Å². The third kappa shape index (κ3) is 5.15. The molecule has 1 aromatic heterocycles. The molecule has 0 saturated carbocycles. The fourth-order valence-electron chi connectivity index (χ4n) is 1.46. The van der Waals surface area contributed by atoms with Crippen molar-refractivity contribution in [2.45, 2.75) is 27.3 Å². The molecule has 0 aromatic carbocycles. The van der Waals surface area contributed by atoms with Gasteiger partial charge in [-0.2, -0.15) is 0 Å². The highest BCUT2D eigenvalue weighted by Gasteiger charge is 2.06. The Bertz CT molecular complexity index is 340. The molecule has 0 aliphatic heterocycles. The third-order valence-corrected chi connectivity index (χ3v) is 2.25. The van der Waals surface area contributed by atoms with Crippen molar-refractivity contribution in [2.24, 2.45) is 5.92 Å². The summed E-state index contributed by atoms with van der Waals surface area (Å²) < 4.78 is 10.4. The van der Waals surface area contributed by atoms with Crippen molar-refractivity contribution in [3.8, 4) is 5.75 Å². The molecule has 0 unspecified atom stereocenters.